The number of thiol groups is 1. The van der Waals surface area contributed by atoms with Crippen molar-refractivity contribution in [3.8, 4) is 0 Å². The third kappa shape index (κ3) is 233. The number of hydrogen-bond donors (Lipinski definition) is 3. The molecule has 0 saturated carbocycles. The third-order valence-electron chi connectivity index (χ3n) is 0.203. The maximum atomic E-state index is 4.89. The molecule has 3 nitrogen and oxygen atoms in total. The van der Waals surface area contributed by atoms with E-state index < -0.39 is 0 Å². The van der Waals surface area contributed by atoms with Gasteiger partial charge in [0.05, 0.1) is 6.67 Å². The SMILES string of the molecule is C=C.C=NNCN.CC.CS. The first kappa shape index (κ1) is 22.4. The van der Waals surface area contributed by atoms with Gasteiger partial charge in [-0.15, -0.1) is 13.2 Å². The molecule has 0 atom stereocenters. The summed E-state index contributed by atoms with van der Waals surface area (Å²) in [6.07, 6.45) is 1.69. The van der Waals surface area contributed by atoms with E-state index in [4.69, 9.17) is 5.73 Å². The second-order valence-electron chi connectivity index (χ2n) is 0.520. The lowest BCUT2D eigenvalue weighted by Crippen LogP contribution is -2.14. The van der Waals surface area contributed by atoms with E-state index in [0.29, 0.717) is 6.67 Å². The summed E-state index contributed by atoms with van der Waals surface area (Å²) >= 11 is 3.53. The molecule has 0 aliphatic heterocycles. The normalized spacial score (nSPS) is 4.45. The van der Waals surface area contributed by atoms with Gasteiger partial charge >= 0.3 is 0 Å². The van der Waals surface area contributed by atoms with Gasteiger partial charge < -0.3 is 5.73 Å². The molecule has 0 rings (SSSR count). The fourth-order valence-electron chi connectivity index (χ4n) is 0.0645. The minimum Gasteiger partial charge on any atom is -0.313 e. The fraction of sp³-hybridized carbons (Fsp3) is 0.571. The molecule has 0 fully saturated rings. The fourth-order valence-corrected chi connectivity index (χ4v) is 0.0645. The Labute approximate surface area is 76.2 Å². The second kappa shape index (κ2) is 109. The Kier molecular flexibility index (Phi) is 222. The van der Waals surface area contributed by atoms with Crippen LogP contribution >= 0.6 is 12.6 Å². The van der Waals surface area contributed by atoms with Crippen LogP contribution in [0.25, 0.3) is 0 Å². The van der Waals surface area contributed by atoms with Crippen LogP contribution in [-0.4, -0.2) is 19.6 Å². The number of hydrazone groups is 1. The molecule has 0 aliphatic rings. The average Bonchev–Trinajstić information content (AvgIpc) is 2.16. The molecular weight excluding hydrogens is 158 g/mol. The predicted molar refractivity (Wildman–Crippen MR) is 59.3 cm³/mol. The molecule has 11 heavy (non-hydrogen) atoms. The molecule has 0 unspecified atom stereocenters. The molecule has 0 aromatic heterocycles. The van der Waals surface area contributed by atoms with Gasteiger partial charge in [-0.05, 0) is 6.26 Å². The monoisotopic (exact) mass is 179 g/mol. The van der Waals surface area contributed by atoms with Crippen molar-refractivity contribution in [3.63, 3.8) is 0 Å². The van der Waals surface area contributed by atoms with Gasteiger partial charge in [-0.3, -0.25) is 5.43 Å². The van der Waals surface area contributed by atoms with E-state index in [-0.39, 0.29) is 0 Å². The molecule has 0 aliphatic carbocycles. The van der Waals surface area contributed by atoms with E-state index in [1.165, 1.54) is 0 Å². The van der Waals surface area contributed by atoms with Crippen molar-refractivity contribution in [2.45, 2.75) is 13.8 Å². The highest BCUT2D eigenvalue weighted by Crippen LogP contribution is 1.35. The minimum absolute atomic E-state index is 0.365. The first-order valence-electron chi connectivity index (χ1n) is 3.25. The number of nitrogens with one attached hydrogen (secondary N) is 1. The van der Waals surface area contributed by atoms with Crippen LogP contribution in [0.15, 0.2) is 18.3 Å². The minimum atomic E-state index is 0.365. The summed E-state index contributed by atoms with van der Waals surface area (Å²) in [7, 11) is 0. The summed E-state index contributed by atoms with van der Waals surface area (Å²) in [5.74, 6) is 0. The summed E-state index contributed by atoms with van der Waals surface area (Å²) < 4.78 is 0. The largest absolute Gasteiger partial charge is 0.313 e. The summed E-state index contributed by atoms with van der Waals surface area (Å²) in [4.78, 5) is 0. The van der Waals surface area contributed by atoms with Crippen LogP contribution in [0.3, 0.4) is 0 Å². The zero-order valence-electron chi connectivity index (χ0n) is 7.80. The zero-order valence-corrected chi connectivity index (χ0v) is 8.69. The van der Waals surface area contributed by atoms with E-state index >= 15 is 0 Å². The average molecular weight is 179 g/mol. The predicted octanol–water partition coefficient (Wildman–Crippen LogP) is 1.48. The Morgan fingerprint density at radius 1 is 1.36 bits per heavy atom. The number of rotatable bonds is 2. The van der Waals surface area contributed by atoms with Gasteiger partial charge in [-0.25, -0.2) is 0 Å². The van der Waals surface area contributed by atoms with Gasteiger partial charge in [0.25, 0.3) is 0 Å². The van der Waals surface area contributed by atoms with Crippen LogP contribution < -0.4 is 11.2 Å². The van der Waals surface area contributed by atoms with Crippen LogP contribution in [-0.2, 0) is 0 Å². The van der Waals surface area contributed by atoms with Crippen molar-refractivity contribution in [2.75, 3.05) is 12.9 Å². The Morgan fingerprint density at radius 2 is 1.64 bits per heavy atom. The Balaban J connectivity index is -0.0000000350. The Morgan fingerprint density at radius 3 is 1.64 bits per heavy atom. The van der Waals surface area contributed by atoms with Gasteiger partial charge in [0.1, 0.15) is 0 Å². The van der Waals surface area contributed by atoms with Crippen molar-refractivity contribution in [1.29, 1.82) is 0 Å². The number of hydrogen-bond acceptors (Lipinski definition) is 4. The highest BCUT2D eigenvalue weighted by atomic mass is 32.1. The maximum absolute atomic E-state index is 4.89. The number of nitrogens with zero attached hydrogens (tertiary/aromatic N) is 1. The van der Waals surface area contributed by atoms with Crippen molar-refractivity contribution < 1.29 is 0 Å². The lowest BCUT2D eigenvalue weighted by Gasteiger charge is -1.83. The lowest BCUT2D eigenvalue weighted by molar-refractivity contribution is 0.767. The third-order valence-corrected chi connectivity index (χ3v) is 0.203. The molecule has 4 heteroatoms. The van der Waals surface area contributed by atoms with Gasteiger partial charge in [0, 0.05) is 6.72 Å². The molecule has 0 saturated heterocycles. The van der Waals surface area contributed by atoms with E-state index in [9.17, 15) is 0 Å². The molecule has 0 aromatic carbocycles. The smallest absolute Gasteiger partial charge is 0.0798 e. The van der Waals surface area contributed by atoms with Crippen LogP contribution in [0, 0.1) is 0 Å². The summed E-state index contributed by atoms with van der Waals surface area (Å²) in [5, 5.41) is 3.23. The Bertz CT molecular complexity index is 42.7. The van der Waals surface area contributed by atoms with Crippen molar-refractivity contribution >= 4 is 19.3 Å². The molecular formula is C7H21N3S. The maximum Gasteiger partial charge on any atom is 0.0798 e. The summed E-state index contributed by atoms with van der Waals surface area (Å²) in [6.45, 7) is 13.5. The van der Waals surface area contributed by atoms with E-state index in [1.807, 2.05) is 13.8 Å². The van der Waals surface area contributed by atoms with Crippen molar-refractivity contribution in [3.05, 3.63) is 13.2 Å². The zero-order chi connectivity index (χ0) is 10.1. The lowest BCUT2D eigenvalue weighted by atomic mass is 11.0. The quantitative estimate of drug-likeness (QED) is 0.198. The van der Waals surface area contributed by atoms with Gasteiger partial charge in [-0.2, -0.15) is 17.7 Å². The molecule has 3 N–H and O–H groups in total. The van der Waals surface area contributed by atoms with Gasteiger partial charge in [-0.1, -0.05) is 13.8 Å². The topological polar surface area (TPSA) is 50.4 Å². The van der Waals surface area contributed by atoms with Gasteiger partial charge in [0.15, 0.2) is 0 Å². The van der Waals surface area contributed by atoms with Crippen LogP contribution in [0.1, 0.15) is 13.8 Å². The second-order valence-corrected chi connectivity index (χ2v) is 0.520. The van der Waals surface area contributed by atoms with Crippen LogP contribution in [0.2, 0.25) is 0 Å². The number of nitrogens with two attached hydrogens (primary N) is 1. The highest BCUT2D eigenvalue weighted by Gasteiger charge is 1.53. The first-order valence-corrected chi connectivity index (χ1v) is 4.14. The van der Waals surface area contributed by atoms with E-state index in [0.717, 1.165) is 0 Å². The molecule has 0 heterocycles. The molecule has 0 radical (unpaired) electrons. The van der Waals surface area contributed by atoms with Crippen molar-refractivity contribution in [2.24, 2.45) is 10.8 Å². The molecule has 0 amide bonds. The molecule has 0 spiro atoms. The molecule has 0 bridgehead atoms. The van der Waals surface area contributed by atoms with Crippen LogP contribution in [0.4, 0.5) is 0 Å². The highest BCUT2D eigenvalue weighted by molar-refractivity contribution is 7.79. The van der Waals surface area contributed by atoms with Gasteiger partial charge in [0.2, 0.25) is 0 Å². The van der Waals surface area contributed by atoms with Crippen LogP contribution in [0.5, 0.6) is 0 Å². The Hall–Kier alpha value is -0.480. The van der Waals surface area contributed by atoms with E-state index in [2.05, 4.69) is 43.0 Å². The standard InChI is InChI=1S/C2H7N3.C2H6.C2H4.CH4S/c1-4-5-2-3;3*1-2/h5H,1-3H2;1-2H3;1-2H2;2H,1H3. The molecule has 70 valence electrons. The first-order chi connectivity index (χ1) is 5.41. The van der Waals surface area contributed by atoms with E-state index in [1.54, 1.807) is 6.26 Å². The molecule has 0 aromatic rings. The summed E-state index contributed by atoms with van der Waals surface area (Å²) in [5.41, 5.74) is 7.30. The summed E-state index contributed by atoms with van der Waals surface area (Å²) in [6, 6.07) is 0. The van der Waals surface area contributed by atoms with Crippen molar-refractivity contribution in [1.82, 2.24) is 5.43 Å².